The van der Waals surface area contributed by atoms with Gasteiger partial charge in [0.1, 0.15) is 17.6 Å². The predicted octanol–water partition coefficient (Wildman–Crippen LogP) is 7.94. The number of aromatic hydroxyl groups is 1. The monoisotopic (exact) mass is 595 g/mol. The maximum absolute atomic E-state index is 13.8. The van der Waals surface area contributed by atoms with E-state index in [1.54, 1.807) is 19.1 Å². The van der Waals surface area contributed by atoms with Crippen molar-refractivity contribution in [2.24, 2.45) is 0 Å². The number of carbonyl (C=O) groups is 1. The minimum atomic E-state index is -4.48. The summed E-state index contributed by atoms with van der Waals surface area (Å²) in [5.41, 5.74) is 2.09. The number of phenols is 1. The third kappa shape index (κ3) is 6.28. The van der Waals surface area contributed by atoms with E-state index in [1.165, 1.54) is 42.5 Å². The fourth-order valence-corrected chi connectivity index (χ4v) is 4.68. The molecule has 214 valence electrons. The second kappa shape index (κ2) is 11.7. The molecule has 1 amide bonds. The second-order valence-electron chi connectivity index (χ2n) is 9.50. The molecule has 1 aromatic heterocycles. The van der Waals surface area contributed by atoms with Crippen LogP contribution < -0.4 is 5.32 Å². The lowest BCUT2D eigenvalue weighted by Gasteiger charge is -2.18. The molecule has 5 aromatic rings. The van der Waals surface area contributed by atoms with Crippen LogP contribution in [0.1, 0.15) is 39.2 Å². The summed E-state index contributed by atoms with van der Waals surface area (Å²) in [6.07, 6.45) is -4.31. The van der Waals surface area contributed by atoms with E-state index in [0.29, 0.717) is 22.5 Å². The van der Waals surface area contributed by atoms with Gasteiger partial charge in [0.25, 0.3) is 5.91 Å². The number of nitrogens with zero attached hydrogens (tertiary/aromatic N) is 2. The highest BCUT2D eigenvalue weighted by molar-refractivity contribution is 6.31. The molecular weight excluding hydrogens is 574 g/mol. The number of hydrogen-bond donors (Lipinski definition) is 2. The van der Waals surface area contributed by atoms with E-state index in [-0.39, 0.29) is 28.6 Å². The maximum atomic E-state index is 13.8. The fraction of sp³-hybridized carbons (Fsp3) is 0.129. The first-order chi connectivity index (χ1) is 20.0. The molecule has 0 bridgehead atoms. The molecule has 0 saturated carbocycles. The van der Waals surface area contributed by atoms with Gasteiger partial charge in [-0.25, -0.2) is 4.39 Å². The third-order valence-electron chi connectivity index (χ3n) is 6.61. The fourth-order valence-electron chi connectivity index (χ4n) is 4.50. The summed E-state index contributed by atoms with van der Waals surface area (Å²) in [6, 6.07) is 19.5. The zero-order chi connectivity index (χ0) is 30.0. The van der Waals surface area contributed by atoms with Crippen molar-refractivity contribution in [2.45, 2.75) is 25.6 Å². The van der Waals surface area contributed by atoms with E-state index < -0.39 is 29.5 Å². The molecule has 0 spiro atoms. The quantitative estimate of drug-likeness (QED) is 0.186. The SMILES string of the molecule is Cc1noc([C@@H](Cc2ccccc2-c2ccc(F)c(Cl)c2)NC(=O)c2cc(-c3ccc(C(F)(F)F)cc3)ccc2O)n1. The Balaban J connectivity index is 1.46. The molecule has 0 aliphatic rings. The van der Waals surface area contributed by atoms with E-state index in [2.05, 4.69) is 15.5 Å². The number of halogens is 5. The van der Waals surface area contributed by atoms with Gasteiger partial charge in [0, 0.05) is 6.42 Å². The number of alkyl halides is 3. The van der Waals surface area contributed by atoms with E-state index >= 15 is 0 Å². The van der Waals surface area contributed by atoms with Crippen LogP contribution in [0.15, 0.2) is 89.5 Å². The van der Waals surface area contributed by atoms with Crippen molar-refractivity contribution in [3.8, 4) is 28.0 Å². The molecule has 42 heavy (non-hydrogen) atoms. The van der Waals surface area contributed by atoms with Gasteiger partial charge in [0.05, 0.1) is 16.1 Å². The lowest BCUT2D eigenvalue weighted by atomic mass is 9.94. The number of rotatable bonds is 7. The number of phenolic OH excluding ortho intramolecular Hbond substituents is 1. The Morgan fingerprint density at radius 3 is 2.33 bits per heavy atom. The van der Waals surface area contributed by atoms with Crippen molar-refractivity contribution in [1.82, 2.24) is 15.5 Å². The number of hydrogen-bond acceptors (Lipinski definition) is 5. The molecule has 1 heterocycles. The third-order valence-corrected chi connectivity index (χ3v) is 6.90. The van der Waals surface area contributed by atoms with Crippen LogP contribution in [-0.2, 0) is 12.6 Å². The van der Waals surface area contributed by atoms with Gasteiger partial charge in [-0.05, 0) is 71.1 Å². The smallest absolute Gasteiger partial charge is 0.416 e. The number of carbonyl (C=O) groups excluding carboxylic acids is 1. The highest BCUT2D eigenvalue weighted by Crippen LogP contribution is 2.33. The van der Waals surface area contributed by atoms with Crippen LogP contribution in [0.3, 0.4) is 0 Å². The van der Waals surface area contributed by atoms with Crippen molar-refractivity contribution in [3.05, 3.63) is 124 Å². The summed E-state index contributed by atoms with van der Waals surface area (Å²) < 4.78 is 58.2. The van der Waals surface area contributed by atoms with Crippen LogP contribution in [0.25, 0.3) is 22.3 Å². The van der Waals surface area contributed by atoms with Crippen LogP contribution in [0.5, 0.6) is 5.75 Å². The van der Waals surface area contributed by atoms with Crippen molar-refractivity contribution < 1.29 is 32.0 Å². The highest BCUT2D eigenvalue weighted by Gasteiger charge is 2.30. The Bertz CT molecular complexity index is 1750. The molecule has 1 atom stereocenters. The molecule has 0 unspecified atom stereocenters. The zero-order valence-electron chi connectivity index (χ0n) is 21.9. The van der Waals surface area contributed by atoms with Gasteiger partial charge in [-0.3, -0.25) is 4.79 Å². The Kier molecular flexibility index (Phi) is 8.00. The summed E-state index contributed by atoms with van der Waals surface area (Å²) in [4.78, 5) is 17.8. The Morgan fingerprint density at radius 2 is 1.67 bits per heavy atom. The van der Waals surface area contributed by atoms with Gasteiger partial charge in [0.2, 0.25) is 5.89 Å². The molecule has 0 radical (unpaired) electrons. The number of benzene rings is 4. The van der Waals surface area contributed by atoms with Gasteiger partial charge >= 0.3 is 6.18 Å². The minimum absolute atomic E-state index is 0.0388. The molecule has 0 aliphatic heterocycles. The Labute approximate surface area is 242 Å². The first-order valence-electron chi connectivity index (χ1n) is 12.6. The number of nitrogens with one attached hydrogen (secondary N) is 1. The summed E-state index contributed by atoms with van der Waals surface area (Å²) >= 11 is 6.02. The van der Waals surface area contributed by atoms with E-state index in [4.69, 9.17) is 16.1 Å². The lowest BCUT2D eigenvalue weighted by molar-refractivity contribution is -0.137. The van der Waals surface area contributed by atoms with E-state index in [1.807, 2.05) is 18.2 Å². The predicted molar refractivity (Wildman–Crippen MR) is 148 cm³/mol. The summed E-state index contributed by atoms with van der Waals surface area (Å²) in [5.74, 6) is -1.10. The van der Waals surface area contributed by atoms with Crippen LogP contribution in [-0.4, -0.2) is 21.2 Å². The van der Waals surface area contributed by atoms with Gasteiger partial charge in [-0.1, -0.05) is 65.3 Å². The summed E-state index contributed by atoms with van der Waals surface area (Å²) in [7, 11) is 0. The van der Waals surface area contributed by atoms with Crippen molar-refractivity contribution in [2.75, 3.05) is 0 Å². The number of aryl methyl sites for hydroxylation is 1. The van der Waals surface area contributed by atoms with Crippen molar-refractivity contribution in [1.29, 1.82) is 0 Å². The van der Waals surface area contributed by atoms with Crippen LogP contribution in [0, 0.1) is 12.7 Å². The van der Waals surface area contributed by atoms with Crippen LogP contribution in [0.2, 0.25) is 5.02 Å². The first-order valence-corrected chi connectivity index (χ1v) is 13.0. The van der Waals surface area contributed by atoms with Crippen LogP contribution >= 0.6 is 11.6 Å². The summed E-state index contributed by atoms with van der Waals surface area (Å²) in [5, 5.41) is 17.1. The van der Waals surface area contributed by atoms with E-state index in [0.717, 1.165) is 23.3 Å². The normalized spacial score (nSPS) is 12.2. The number of amides is 1. The largest absolute Gasteiger partial charge is 0.507 e. The number of aromatic nitrogens is 2. The zero-order valence-corrected chi connectivity index (χ0v) is 22.7. The van der Waals surface area contributed by atoms with E-state index in [9.17, 15) is 27.5 Å². The standard InChI is InChI=1S/C31H22ClF4N3O3/c1-17-37-30(42-39-17)27(16-20-4-2-3-5-23(20)21-8-12-26(33)25(32)15-21)38-29(41)24-14-19(9-13-28(24)40)18-6-10-22(11-7-18)31(34,35)36/h2-15,27,40H,16H2,1H3,(H,38,41)/t27-/m1/s1. The molecule has 5 rings (SSSR count). The summed E-state index contributed by atoms with van der Waals surface area (Å²) in [6.45, 7) is 1.62. The molecule has 0 fully saturated rings. The lowest BCUT2D eigenvalue weighted by Crippen LogP contribution is -2.30. The van der Waals surface area contributed by atoms with Gasteiger partial charge in [-0.2, -0.15) is 18.2 Å². The maximum Gasteiger partial charge on any atom is 0.416 e. The molecule has 6 nitrogen and oxygen atoms in total. The highest BCUT2D eigenvalue weighted by atomic mass is 35.5. The van der Waals surface area contributed by atoms with Gasteiger partial charge in [0.15, 0.2) is 5.82 Å². The Hall–Kier alpha value is -4.70. The molecule has 11 heteroatoms. The Morgan fingerprint density at radius 1 is 0.976 bits per heavy atom. The molecular formula is C31H22ClF4N3O3. The second-order valence-corrected chi connectivity index (χ2v) is 9.91. The average Bonchev–Trinajstić information content (AvgIpc) is 3.40. The molecule has 0 aliphatic carbocycles. The topological polar surface area (TPSA) is 88.2 Å². The minimum Gasteiger partial charge on any atom is -0.507 e. The molecule has 4 aromatic carbocycles. The van der Waals surface area contributed by atoms with Crippen molar-refractivity contribution in [3.63, 3.8) is 0 Å². The van der Waals surface area contributed by atoms with Crippen LogP contribution in [0.4, 0.5) is 17.6 Å². The van der Waals surface area contributed by atoms with Crippen molar-refractivity contribution >= 4 is 17.5 Å². The first kappa shape index (κ1) is 28.8. The molecule has 2 N–H and O–H groups in total. The average molecular weight is 596 g/mol. The van der Waals surface area contributed by atoms with Gasteiger partial charge in [-0.15, -0.1) is 0 Å². The van der Waals surface area contributed by atoms with Gasteiger partial charge < -0.3 is 14.9 Å². The molecule has 0 saturated heterocycles.